The molecule has 0 bridgehead atoms. The molecule has 1 N–H and O–H groups in total. The molecule has 0 saturated heterocycles. The van der Waals surface area contributed by atoms with Crippen LogP contribution in [0, 0.1) is 0 Å². The molecule has 19 heavy (non-hydrogen) atoms. The van der Waals surface area contributed by atoms with Crippen molar-refractivity contribution in [3.8, 4) is 5.75 Å². The molecule has 3 heteroatoms. The zero-order valence-electron chi connectivity index (χ0n) is 11.8. The highest BCUT2D eigenvalue weighted by Gasteiger charge is 2.25. The van der Waals surface area contributed by atoms with Gasteiger partial charge in [0.05, 0.1) is 6.61 Å². The monoisotopic (exact) mass is 263 g/mol. The maximum Gasteiger partial charge on any atom is 0.123 e. The first kappa shape index (κ1) is 14.4. The highest BCUT2D eigenvalue weighted by molar-refractivity contribution is 5.33. The van der Waals surface area contributed by atoms with Crippen molar-refractivity contribution >= 4 is 0 Å². The molecule has 1 aromatic rings. The van der Waals surface area contributed by atoms with E-state index < -0.39 is 0 Å². The summed E-state index contributed by atoms with van der Waals surface area (Å²) in [5.74, 6) is 0.998. The standard InChI is InChI=1S/C16H25NO2/c1-2-19-16-10-4-3-7-14(16)13-17(11-6-12-18)15-8-5-9-15/h3-4,7,10,15,18H,2,5-6,8-9,11-13H2,1H3. The van der Waals surface area contributed by atoms with Gasteiger partial charge in [0.1, 0.15) is 5.75 Å². The third-order valence-corrected chi connectivity index (χ3v) is 3.84. The highest BCUT2D eigenvalue weighted by atomic mass is 16.5. The van der Waals surface area contributed by atoms with Gasteiger partial charge in [-0.05, 0) is 32.3 Å². The maximum absolute atomic E-state index is 9.04. The van der Waals surface area contributed by atoms with Crippen LogP contribution in [0.5, 0.6) is 5.75 Å². The predicted molar refractivity (Wildman–Crippen MR) is 77.4 cm³/mol. The van der Waals surface area contributed by atoms with Crippen LogP contribution in [0.4, 0.5) is 0 Å². The number of rotatable bonds is 8. The molecule has 0 atom stereocenters. The van der Waals surface area contributed by atoms with Crippen LogP contribution >= 0.6 is 0 Å². The van der Waals surface area contributed by atoms with Gasteiger partial charge in [-0.3, -0.25) is 4.90 Å². The van der Waals surface area contributed by atoms with E-state index >= 15 is 0 Å². The first-order valence-electron chi connectivity index (χ1n) is 7.40. The Kier molecular flexibility index (Phi) is 5.67. The van der Waals surface area contributed by atoms with Gasteiger partial charge < -0.3 is 9.84 Å². The van der Waals surface area contributed by atoms with Crippen molar-refractivity contribution < 1.29 is 9.84 Å². The fraction of sp³-hybridized carbons (Fsp3) is 0.625. The molecule has 0 spiro atoms. The van der Waals surface area contributed by atoms with Crippen molar-refractivity contribution in [2.45, 2.75) is 45.2 Å². The number of hydrogen-bond acceptors (Lipinski definition) is 3. The molecule has 1 saturated carbocycles. The van der Waals surface area contributed by atoms with E-state index in [-0.39, 0.29) is 6.61 Å². The van der Waals surface area contributed by atoms with Crippen molar-refractivity contribution in [3.05, 3.63) is 29.8 Å². The molecule has 106 valence electrons. The Labute approximate surface area is 116 Å². The van der Waals surface area contributed by atoms with Gasteiger partial charge in [0, 0.05) is 31.3 Å². The number of para-hydroxylation sites is 1. The van der Waals surface area contributed by atoms with E-state index in [2.05, 4.69) is 17.0 Å². The molecule has 0 radical (unpaired) electrons. The number of benzene rings is 1. The third kappa shape index (κ3) is 3.95. The molecule has 0 aliphatic heterocycles. The summed E-state index contributed by atoms with van der Waals surface area (Å²) in [6, 6.07) is 8.99. The summed E-state index contributed by atoms with van der Waals surface area (Å²) in [7, 11) is 0. The molecule has 0 aromatic heterocycles. The largest absolute Gasteiger partial charge is 0.494 e. The number of nitrogens with zero attached hydrogens (tertiary/aromatic N) is 1. The zero-order chi connectivity index (χ0) is 13.5. The van der Waals surface area contributed by atoms with Crippen LogP contribution in [0.25, 0.3) is 0 Å². The van der Waals surface area contributed by atoms with Crippen molar-refractivity contribution in [2.75, 3.05) is 19.8 Å². The van der Waals surface area contributed by atoms with Crippen LogP contribution in [0.1, 0.15) is 38.2 Å². The van der Waals surface area contributed by atoms with Gasteiger partial charge in [-0.1, -0.05) is 24.6 Å². The zero-order valence-corrected chi connectivity index (χ0v) is 11.8. The summed E-state index contributed by atoms with van der Waals surface area (Å²) in [4.78, 5) is 2.50. The summed E-state index contributed by atoms with van der Waals surface area (Å²) in [6.07, 6.45) is 4.78. The number of ether oxygens (including phenoxy) is 1. The van der Waals surface area contributed by atoms with E-state index in [4.69, 9.17) is 9.84 Å². The first-order chi connectivity index (χ1) is 9.35. The first-order valence-corrected chi connectivity index (χ1v) is 7.40. The molecule has 3 nitrogen and oxygen atoms in total. The molecule has 1 fully saturated rings. The smallest absolute Gasteiger partial charge is 0.123 e. The Morgan fingerprint density at radius 2 is 2.11 bits per heavy atom. The SMILES string of the molecule is CCOc1ccccc1CN(CCCO)C1CCC1. The Morgan fingerprint density at radius 1 is 1.32 bits per heavy atom. The average Bonchev–Trinajstić information content (AvgIpc) is 2.36. The normalized spacial score (nSPS) is 15.5. The lowest BCUT2D eigenvalue weighted by molar-refractivity contribution is 0.108. The Balaban J connectivity index is 2.02. The lowest BCUT2D eigenvalue weighted by Crippen LogP contribution is -2.40. The molecular weight excluding hydrogens is 238 g/mol. The van der Waals surface area contributed by atoms with Crippen molar-refractivity contribution in [1.82, 2.24) is 4.90 Å². The van der Waals surface area contributed by atoms with Crippen molar-refractivity contribution in [1.29, 1.82) is 0 Å². The van der Waals surface area contributed by atoms with Gasteiger partial charge >= 0.3 is 0 Å². The quantitative estimate of drug-likeness (QED) is 0.783. The number of aliphatic hydroxyl groups is 1. The Bertz CT molecular complexity index is 377. The maximum atomic E-state index is 9.04. The molecular formula is C16H25NO2. The molecule has 2 rings (SSSR count). The van der Waals surface area contributed by atoms with Crippen LogP contribution in [-0.4, -0.2) is 35.8 Å². The van der Waals surface area contributed by atoms with E-state index in [0.717, 1.165) is 25.3 Å². The summed E-state index contributed by atoms with van der Waals surface area (Å²) >= 11 is 0. The lowest BCUT2D eigenvalue weighted by Gasteiger charge is -2.37. The minimum Gasteiger partial charge on any atom is -0.494 e. The lowest BCUT2D eigenvalue weighted by atomic mass is 9.91. The van der Waals surface area contributed by atoms with Crippen LogP contribution in [0.2, 0.25) is 0 Å². The molecule has 0 unspecified atom stereocenters. The molecule has 1 aliphatic rings. The fourth-order valence-corrected chi connectivity index (χ4v) is 2.57. The van der Waals surface area contributed by atoms with Crippen molar-refractivity contribution in [2.24, 2.45) is 0 Å². The van der Waals surface area contributed by atoms with Gasteiger partial charge in [-0.15, -0.1) is 0 Å². The topological polar surface area (TPSA) is 32.7 Å². The molecule has 1 aromatic carbocycles. The molecule has 0 heterocycles. The molecule has 0 amide bonds. The average molecular weight is 263 g/mol. The van der Waals surface area contributed by atoms with Gasteiger partial charge in [0.2, 0.25) is 0 Å². The minimum atomic E-state index is 0.274. The molecule has 1 aliphatic carbocycles. The highest BCUT2D eigenvalue weighted by Crippen LogP contribution is 2.28. The number of aliphatic hydroxyl groups excluding tert-OH is 1. The second kappa shape index (κ2) is 7.51. The van der Waals surface area contributed by atoms with Crippen LogP contribution in [0.3, 0.4) is 0 Å². The summed E-state index contributed by atoms with van der Waals surface area (Å²) in [5, 5.41) is 9.04. The third-order valence-electron chi connectivity index (χ3n) is 3.84. The number of hydrogen-bond donors (Lipinski definition) is 1. The van der Waals surface area contributed by atoms with Gasteiger partial charge in [-0.25, -0.2) is 0 Å². The van der Waals surface area contributed by atoms with E-state index in [1.807, 2.05) is 19.1 Å². The van der Waals surface area contributed by atoms with Crippen LogP contribution in [0.15, 0.2) is 24.3 Å². The minimum absolute atomic E-state index is 0.274. The van der Waals surface area contributed by atoms with Gasteiger partial charge in [0.25, 0.3) is 0 Å². The van der Waals surface area contributed by atoms with E-state index in [1.54, 1.807) is 0 Å². The van der Waals surface area contributed by atoms with Crippen LogP contribution < -0.4 is 4.74 Å². The van der Waals surface area contributed by atoms with Crippen LogP contribution in [-0.2, 0) is 6.54 Å². The van der Waals surface area contributed by atoms with Gasteiger partial charge in [0.15, 0.2) is 0 Å². The summed E-state index contributed by atoms with van der Waals surface area (Å²) < 4.78 is 5.70. The summed E-state index contributed by atoms with van der Waals surface area (Å²) in [6.45, 7) is 4.90. The Morgan fingerprint density at radius 3 is 2.74 bits per heavy atom. The predicted octanol–water partition coefficient (Wildman–Crippen LogP) is 2.82. The second-order valence-corrected chi connectivity index (χ2v) is 5.17. The van der Waals surface area contributed by atoms with E-state index in [9.17, 15) is 0 Å². The Hall–Kier alpha value is -1.06. The van der Waals surface area contributed by atoms with Crippen molar-refractivity contribution in [3.63, 3.8) is 0 Å². The second-order valence-electron chi connectivity index (χ2n) is 5.17. The fourth-order valence-electron chi connectivity index (χ4n) is 2.57. The van der Waals surface area contributed by atoms with E-state index in [0.29, 0.717) is 12.6 Å². The van der Waals surface area contributed by atoms with E-state index in [1.165, 1.54) is 24.8 Å². The van der Waals surface area contributed by atoms with Gasteiger partial charge in [-0.2, -0.15) is 0 Å². The summed E-state index contributed by atoms with van der Waals surface area (Å²) in [5.41, 5.74) is 1.26.